The Labute approximate surface area is 124 Å². The van der Waals surface area contributed by atoms with Crippen molar-refractivity contribution in [1.82, 2.24) is 0 Å². The molecule has 0 atom stereocenters. The summed E-state index contributed by atoms with van der Waals surface area (Å²) in [5.74, 6) is 0.838. The van der Waals surface area contributed by atoms with Gasteiger partial charge in [-0.15, -0.1) is 0 Å². The number of hydrogen-bond donors (Lipinski definition) is 2. The molecule has 2 aromatic carbocycles. The van der Waals surface area contributed by atoms with Gasteiger partial charge in [-0.1, -0.05) is 12.1 Å². The molecule has 0 amide bonds. The summed E-state index contributed by atoms with van der Waals surface area (Å²) in [7, 11) is 0. The van der Waals surface area contributed by atoms with E-state index >= 15 is 0 Å². The summed E-state index contributed by atoms with van der Waals surface area (Å²) in [6.07, 6.45) is 0. The summed E-state index contributed by atoms with van der Waals surface area (Å²) in [6.45, 7) is 4.75. The van der Waals surface area contributed by atoms with E-state index in [9.17, 15) is 4.79 Å². The fourth-order valence-electron chi connectivity index (χ4n) is 2.06. The van der Waals surface area contributed by atoms with E-state index in [1.165, 1.54) is 12.5 Å². The van der Waals surface area contributed by atoms with Crippen LogP contribution in [-0.4, -0.2) is 18.9 Å². The topological polar surface area (TPSA) is 64.3 Å². The molecule has 2 aromatic rings. The molecule has 110 valence electrons. The van der Waals surface area contributed by atoms with E-state index in [1.807, 2.05) is 37.3 Å². The molecule has 0 aliphatic carbocycles. The monoisotopic (exact) mass is 284 g/mol. The average Bonchev–Trinajstić information content (AvgIpc) is 2.43. The van der Waals surface area contributed by atoms with Crippen LogP contribution in [0.1, 0.15) is 22.8 Å². The number of Topliss-reactive ketones (excluding diaryl/α,β-unsaturated/α-hetero) is 1. The third kappa shape index (κ3) is 4.24. The number of anilines is 2. The third-order valence-electron chi connectivity index (χ3n) is 3.12. The Morgan fingerprint density at radius 3 is 2.71 bits per heavy atom. The van der Waals surface area contributed by atoms with Gasteiger partial charge in [0.2, 0.25) is 0 Å². The van der Waals surface area contributed by atoms with Crippen molar-refractivity contribution in [2.45, 2.75) is 13.8 Å². The van der Waals surface area contributed by atoms with E-state index in [-0.39, 0.29) is 5.78 Å². The Hall–Kier alpha value is -2.49. The normalized spacial score (nSPS) is 10.2. The van der Waals surface area contributed by atoms with E-state index in [0.29, 0.717) is 24.4 Å². The number of nitrogens with one attached hydrogen (secondary N) is 1. The van der Waals surface area contributed by atoms with Gasteiger partial charge in [0.1, 0.15) is 12.4 Å². The van der Waals surface area contributed by atoms with Gasteiger partial charge in [-0.05, 0) is 49.7 Å². The van der Waals surface area contributed by atoms with Crippen molar-refractivity contribution in [3.63, 3.8) is 0 Å². The number of rotatable bonds is 6. The van der Waals surface area contributed by atoms with Crippen LogP contribution in [0.4, 0.5) is 11.4 Å². The number of carbonyl (C=O) groups excluding carboxylic acids is 1. The van der Waals surface area contributed by atoms with Gasteiger partial charge in [-0.25, -0.2) is 0 Å². The van der Waals surface area contributed by atoms with E-state index in [0.717, 1.165) is 11.4 Å². The van der Waals surface area contributed by atoms with E-state index in [1.54, 1.807) is 12.1 Å². The first kappa shape index (κ1) is 14.9. The van der Waals surface area contributed by atoms with Crippen molar-refractivity contribution in [2.75, 3.05) is 24.2 Å². The highest BCUT2D eigenvalue weighted by Gasteiger charge is 2.04. The lowest BCUT2D eigenvalue weighted by molar-refractivity contribution is 0.101. The molecule has 4 nitrogen and oxygen atoms in total. The summed E-state index contributed by atoms with van der Waals surface area (Å²) in [5.41, 5.74) is 8.94. The zero-order valence-corrected chi connectivity index (χ0v) is 12.3. The lowest BCUT2D eigenvalue weighted by Crippen LogP contribution is -2.12. The molecule has 3 N–H and O–H groups in total. The van der Waals surface area contributed by atoms with Crippen LogP contribution in [-0.2, 0) is 0 Å². The minimum atomic E-state index is -0.0261. The van der Waals surface area contributed by atoms with E-state index in [4.69, 9.17) is 10.5 Å². The predicted molar refractivity (Wildman–Crippen MR) is 86.0 cm³/mol. The van der Waals surface area contributed by atoms with Crippen molar-refractivity contribution in [2.24, 2.45) is 0 Å². The highest BCUT2D eigenvalue weighted by molar-refractivity contribution is 5.99. The number of aryl methyl sites for hydroxylation is 1. The highest BCUT2D eigenvalue weighted by Crippen LogP contribution is 2.18. The zero-order chi connectivity index (χ0) is 15.2. The number of nitrogens with two attached hydrogens (primary N) is 1. The van der Waals surface area contributed by atoms with Gasteiger partial charge in [0.25, 0.3) is 0 Å². The second kappa shape index (κ2) is 6.79. The molecule has 0 bridgehead atoms. The number of carbonyl (C=O) groups is 1. The second-order valence-corrected chi connectivity index (χ2v) is 4.95. The Kier molecular flexibility index (Phi) is 4.82. The number of nitrogen functional groups attached to an aromatic ring is 1. The Balaban J connectivity index is 1.84. The first-order chi connectivity index (χ1) is 10.1. The second-order valence-electron chi connectivity index (χ2n) is 4.95. The number of benzene rings is 2. The van der Waals surface area contributed by atoms with Crippen LogP contribution in [0.25, 0.3) is 0 Å². The molecule has 0 aliphatic rings. The highest BCUT2D eigenvalue weighted by atomic mass is 16.5. The SMILES string of the molecule is CC(=O)c1ccc(NCCOc2cccc(C)c2)cc1N. The van der Waals surface area contributed by atoms with Crippen molar-refractivity contribution in [3.05, 3.63) is 53.6 Å². The Morgan fingerprint density at radius 1 is 1.24 bits per heavy atom. The van der Waals surface area contributed by atoms with Gasteiger partial charge in [0.05, 0.1) is 0 Å². The van der Waals surface area contributed by atoms with Gasteiger partial charge in [-0.3, -0.25) is 4.79 Å². The van der Waals surface area contributed by atoms with Crippen LogP contribution in [0, 0.1) is 6.92 Å². The molecular formula is C17H20N2O2. The van der Waals surface area contributed by atoms with E-state index < -0.39 is 0 Å². The maximum atomic E-state index is 11.3. The number of ketones is 1. The minimum Gasteiger partial charge on any atom is -0.492 e. The molecular weight excluding hydrogens is 264 g/mol. The first-order valence-corrected chi connectivity index (χ1v) is 6.90. The molecule has 21 heavy (non-hydrogen) atoms. The third-order valence-corrected chi connectivity index (χ3v) is 3.12. The number of hydrogen-bond acceptors (Lipinski definition) is 4. The molecule has 2 rings (SSSR count). The summed E-state index contributed by atoms with van der Waals surface area (Å²) < 4.78 is 5.65. The Bertz CT molecular complexity index is 638. The van der Waals surface area contributed by atoms with Crippen LogP contribution in [0.5, 0.6) is 5.75 Å². The molecule has 0 radical (unpaired) electrons. The van der Waals surface area contributed by atoms with Gasteiger partial charge in [0.15, 0.2) is 5.78 Å². The lowest BCUT2D eigenvalue weighted by atomic mass is 10.1. The van der Waals surface area contributed by atoms with E-state index in [2.05, 4.69) is 5.32 Å². The Morgan fingerprint density at radius 2 is 2.05 bits per heavy atom. The zero-order valence-electron chi connectivity index (χ0n) is 12.3. The molecule has 0 saturated heterocycles. The fourth-order valence-corrected chi connectivity index (χ4v) is 2.06. The summed E-state index contributed by atoms with van der Waals surface area (Å²) in [6, 6.07) is 13.3. The van der Waals surface area contributed by atoms with Crippen LogP contribution in [0.15, 0.2) is 42.5 Å². The van der Waals surface area contributed by atoms with Crippen molar-refractivity contribution >= 4 is 17.2 Å². The molecule has 0 fully saturated rings. The summed E-state index contributed by atoms with van der Waals surface area (Å²) in [5, 5.41) is 3.22. The first-order valence-electron chi connectivity index (χ1n) is 6.90. The molecule has 0 aliphatic heterocycles. The average molecular weight is 284 g/mol. The summed E-state index contributed by atoms with van der Waals surface area (Å²) in [4.78, 5) is 11.3. The largest absolute Gasteiger partial charge is 0.492 e. The quantitative estimate of drug-likeness (QED) is 0.485. The van der Waals surface area contributed by atoms with Crippen LogP contribution in [0.3, 0.4) is 0 Å². The molecule has 0 saturated carbocycles. The molecule has 0 aromatic heterocycles. The van der Waals surface area contributed by atoms with Gasteiger partial charge < -0.3 is 15.8 Å². The van der Waals surface area contributed by atoms with Gasteiger partial charge in [0, 0.05) is 23.5 Å². The van der Waals surface area contributed by atoms with Crippen LogP contribution < -0.4 is 15.8 Å². The van der Waals surface area contributed by atoms with Crippen LogP contribution >= 0.6 is 0 Å². The summed E-state index contributed by atoms with van der Waals surface area (Å²) >= 11 is 0. The minimum absolute atomic E-state index is 0.0261. The smallest absolute Gasteiger partial charge is 0.161 e. The van der Waals surface area contributed by atoms with Crippen LogP contribution in [0.2, 0.25) is 0 Å². The van der Waals surface area contributed by atoms with Gasteiger partial charge in [-0.2, -0.15) is 0 Å². The molecule has 4 heteroatoms. The molecule has 0 unspecified atom stereocenters. The maximum absolute atomic E-state index is 11.3. The lowest BCUT2D eigenvalue weighted by Gasteiger charge is -2.10. The van der Waals surface area contributed by atoms with Crippen molar-refractivity contribution in [3.8, 4) is 5.75 Å². The van der Waals surface area contributed by atoms with Crippen molar-refractivity contribution < 1.29 is 9.53 Å². The number of ether oxygens (including phenoxy) is 1. The molecule has 0 spiro atoms. The maximum Gasteiger partial charge on any atom is 0.161 e. The van der Waals surface area contributed by atoms with Crippen molar-refractivity contribution in [1.29, 1.82) is 0 Å². The molecule has 0 heterocycles. The fraction of sp³-hybridized carbons (Fsp3) is 0.235. The van der Waals surface area contributed by atoms with Gasteiger partial charge >= 0.3 is 0 Å². The predicted octanol–water partition coefficient (Wildman–Crippen LogP) is 3.27. The standard InChI is InChI=1S/C17H20N2O2/c1-12-4-3-5-15(10-12)21-9-8-19-14-6-7-16(13(2)20)17(18)11-14/h3-7,10-11,19H,8-9,18H2,1-2H3.